The van der Waals surface area contributed by atoms with E-state index in [1.54, 1.807) is 11.3 Å². The second kappa shape index (κ2) is 9.48. The summed E-state index contributed by atoms with van der Waals surface area (Å²) in [6.07, 6.45) is 6.75. The van der Waals surface area contributed by atoms with E-state index in [2.05, 4.69) is 31.1 Å². The third kappa shape index (κ3) is 5.46. The van der Waals surface area contributed by atoms with Crippen molar-refractivity contribution in [2.24, 2.45) is 0 Å². The average molecular weight is 270 g/mol. The Kier molecular flexibility index (Phi) is 8.22. The highest BCUT2D eigenvalue weighted by atomic mass is 32.1. The summed E-state index contributed by atoms with van der Waals surface area (Å²) in [5, 5.41) is 3.63. The first kappa shape index (κ1) is 15.6. The molecule has 0 spiro atoms. The molecule has 0 saturated heterocycles. The molecule has 104 valence electrons. The molecule has 1 heterocycles. The van der Waals surface area contributed by atoms with Gasteiger partial charge in [-0.1, -0.05) is 20.3 Å². The highest BCUT2D eigenvalue weighted by Gasteiger charge is 2.21. The molecule has 3 nitrogen and oxygen atoms in total. The van der Waals surface area contributed by atoms with Crippen LogP contribution in [0.4, 0.5) is 0 Å². The minimum Gasteiger partial charge on any atom is -0.377 e. The van der Waals surface area contributed by atoms with E-state index in [0.29, 0.717) is 12.1 Å². The van der Waals surface area contributed by atoms with E-state index in [0.717, 1.165) is 38.8 Å². The zero-order valence-electron chi connectivity index (χ0n) is 11.8. The fraction of sp³-hybridized carbons (Fsp3) is 0.786. The lowest BCUT2D eigenvalue weighted by Crippen LogP contribution is -2.43. The Morgan fingerprint density at radius 3 is 2.72 bits per heavy atom. The third-order valence-electron chi connectivity index (χ3n) is 2.96. The average Bonchev–Trinajstić information content (AvgIpc) is 2.87. The number of hydrogen-bond donors (Lipinski definition) is 1. The molecule has 1 N–H and O–H groups in total. The summed E-state index contributed by atoms with van der Waals surface area (Å²) in [5.74, 6) is 0. The molecule has 0 aromatic carbocycles. The van der Waals surface area contributed by atoms with Gasteiger partial charge in [0.05, 0.1) is 11.6 Å². The van der Waals surface area contributed by atoms with E-state index in [1.807, 2.05) is 11.7 Å². The number of thiazole rings is 1. The minimum atomic E-state index is 0.314. The lowest BCUT2D eigenvalue weighted by atomic mass is 10.0. The first-order valence-corrected chi connectivity index (χ1v) is 7.92. The SMILES string of the molecule is CCCNC(Cc1cncs1)C(CCC)OCC. The van der Waals surface area contributed by atoms with Gasteiger partial charge in [0.15, 0.2) is 0 Å². The van der Waals surface area contributed by atoms with Crippen molar-refractivity contribution in [3.63, 3.8) is 0 Å². The number of nitrogens with one attached hydrogen (secondary N) is 1. The third-order valence-corrected chi connectivity index (χ3v) is 3.77. The number of aromatic nitrogens is 1. The zero-order chi connectivity index (χ0) is 13.2. The van der Waals surface area contributed by atoms with Gasteiger partial charge >= 0.3 is 0 Å². The second-order valence-corrected chi connectivity index (χ2v) is 5.49. The van der Waals surface area contributed by atoms with Gasteiger partial charge in [-0.3, -0.25) is 4.98 Å². The van der Waals surface area contributed by atoms with Crippen LogP contribution in [0.3, 0.4) is 0 Å². The van der Waals surface area contributed by atoms with Crippen molar-refractivity contribution >= 4 is 11.3 Å². The van der Waals surface area contributed by atoms with Crippen LogP contribution in [0.5, 0.6) is 0 Å². The summed E-state index contributed by atoms with van der Waals surface area (Å²) in [6.45, 7) is 8.34. The van der Waals surface area contributed by atoms with Gasteiger partial charge in [0.1, 0.15) is 0 Å². The topological polar surface area (TPSA) is 34.2 Å². The maximum atomic E-state index is 5.91. The lowest BCUT2D eigenvalue weighted by molar-refractivity contribution is 0.0284. The Morgan fingerprint density at radius 2 is 2.17 bits per heavy atom. The Bertz CT molecular complexity index is 284. The number of ether oxygens (including phenoxy) is 1. The van der Waals surface area contributed by atoms with Gasteiger partial charge < -0.3 is 10.1 Å². The van der Waals surface area contributed by atoms with Crippen LogP contribution < -0.4 is 5.32 Å². The van der Waals surface area contributed by atoms with Crippen molar-refractivity contribution in [1.82, 2.24) is 10.3 Å². The molecule has 2 atom stereocenters. The molecule has 2 unspecified atom stereocenters. The van der Waals surface area contributed by atoms with E-state index < -0.39 is 0 Å². The van der Waals surface area contributed by atoms with Crippen LogP contribution in [0.15, 0.2) is 11.7 Å². The van der Waals surface area contributed by atoms with Crippen LogP contribution in [0.2, 0.25) is 0 Å². The molecular weight excluding hydrogens is 244 g/mol. The van der Waals surface area contributed by atoms with Gasteiger partial charge in [0.2, 0.25) is 0 Å². The molecule has 1 aromatic heterocycles. The van der Waals surface area contributed by atoms with Gasteiger partial charge in [-0.15, -0.1) is 11.3 Å². The van der Waals surface area contributed by atoms with E-state index in [1.165, 1.54) is 4.88 Å². The first-order valence-electron chi connectivity index (χ1n) is 7.04. The summed E-state index contributed by atoms with van der Waals surface area (Å²) in [7, 11) is 0. The van der Waals surface area contributed by atoms with Crippen LogP contribution in [0.1, 0.15) is 44.9 Å². The van der Waals surface area contributed by atoms with E-state index >= 15 is 0 Å². The van der Waals surface area contributed by atoms with Gasteiger partial charge in [-0.2, -0.15) is 0 Å². The zero-order valence-corrected chi connectivity index (χ0v) is 12.6. The van der Waals surface area contributed by atoms with Gasteiger partial charge in [-0.25, -0.2) is 0 Å². The highest BCUT2D eigenvalue weighted by Crippen LogP contribution is 2.15. The number of rotatable bonds is 10. The molecule has 0 fully saturated rings. The monoisotopic (exact) mass is 270 g/mol. The minimum absolute atomic E-state index is 0.314. The fourth-order valence-corrected chi connectivity index (χ4v) is 2.78. The second-order valence-electron chi connectivity index (χ2n) is 4.51. The summed E-state index contributed by atoms with van der Waals surface area (Å²) < 4.78 is 5.91. The molecule has 0 saturated carbocycles. The van der Waals surface area contributed by atoms with Crippen molar-refractivity contribution in [2.75, 3.05) is 13.2 Å². The highest BCUT2D eigenvalue weighted by molar-refractivity contribution is 7.09. The molecular formula is C14H26N2OS. The lowest BCUT2D eigenvalue weighted by Gasteiger charge is -2.27. The van der Waals surface area contributed by atoms with E-state index in [9.17, 15) is 0 Å². The summed E-state index contributed by atoms with van der Waals surface area (Å²) in [6, 6.07) is 0.408. The van der Waals surface area contributed by atoms with Crippen LogP contribution in [0, 0.1) is 0 Å². The molecule has 0 aliphatic heterocycles. The van der Waals surface area contributed by atoms with Gasteiger partial charge in [0.25, 0.3) is 0 Å². The quantitative estimate of drug-likeness (QED) is 0.708. The van der Waals surface area contributed by atoms with Crippen LogP contribution in [-0.2, 0) is 11.2 Å². The summed E-state index contributed by atoms with van der Waals surface area (Å²) in [5.41, 5.74) is 1.90. The Hall–Kier alpha value is -0.450. The standard InChI is InChI=1S/C14H26N2OS/c1-4-7-14(17-6-3)13(16-8-5-2)9-12-10-15-11-18-12/h10-11,13-14,16H,4-9H2,1-3H3. The van der Waals surface area contributed by atoms with Gasteiger partial charge in [0, 0.05) is 30.1 Å². The fourth-order valence-electron chi connectivity index (χ4n) is 2.12. The molecule has 0 aliphatic rings. The molecule has 0 amide bonds. The Labute approximate surface area is 115 Å². The normalized spacial score (nSPS) is 14.6. The van der Waals surface area contributed by atoms with Crippen molar-refractivity contribution < 1.29 is 4.74 Å². The largest absolute Gasteiger partial charge is 0.377 e. The van der Waals surface area contributed by atoms with Crippen molar-refractivity contribution in [2.45, 2.75) is 58.6 Å². The maximum absolute atomic E-state index is 5.91. The smallest absolute Gasteiger partial charge is 0.0794 e. The van der Waals surface area contributed by atoms with Crippen molar-refractivity contribution in [3.05, 3.63) is 16.6 Å². The maximum Gasteiger partial charge on any atom is 0.0794 e. The van der Waals surface area contributed by atoms with Crippen LogP contribution in [0.25, 0.3) is 0 Å². The van der Waals surface area contributed by atoms with Crippen LogP contribution in [-0.4, -0.2) is 30.3 Å². The summed E-state index contributed by atoms with van der Waals surface area (Å²) in [4.78, 5) is 5.49. The molecule has 1 rings (SSSR count). The predicted octanol–water partition coefficient (Wildman–Crippen LogP) is 3.26. The molecule has 0 radical (unpaired) electrons. The molecule has 1 aromatic rings. The number of nitrogens with zero attached hydrogens (tertiary/aromatic N) is 1. The molecule has 18 heavy (non-hydrogen) atoms. The predicted molar refractivity (Wildman–Crippen MR) is 78.2 cm³/mol. The van der Waals surface area contributed by atoms with Crippen molar-refractivity contribution in [3.8, 4) is 0 Å². The van der Waals surface area contributed by atoms with Crippen LogP contribution >= 0.6 is 11.3 Å². The number of hydrogen-bond acceptors (Lipinski definition) is 4. The van der Waals surface area contributed by atoms with Crippen molar-refractivity contribution in [1.29, 1.82) is 0 Å². The Balaban J connectivity index is 2.61. The first-order chi connectivity index (χ1) is 8.81. The Morgan fingerprint density at radius 1 is 1.33 bits per heavy atom. The summed E-state index contributed by atoms with van der Waals surface area (Å²) >= 11 is 1.73. The molecule has 0 bridgehead atoms. The van der Waals surface area contributed by atoms with E-state index in [4.69, 9.17) is 4.74 Å². The molecule has 4 heteroatoms. The van der Waals surface area contributed by atoms with E-state index in [-0.39, 0.29) is 0 Å². The van der Waals surface area contributed by atoms with Gasteiger partial charge in [-0.05, 0) is 26.3 Å². The molecule has 0 aliphatic carbocycles.